The molecule has 0 saturated carbocycles. The maximum Gasteiger partial charge on any atom is 0.266 e. The van der Waals surface area contributed by atoms with Crippen LogP contribution in [-0.4, -0.2) is 35.2 Å². The highest BCUT2D eigenvalue weighted by Crippen LogP contribution is 2.36. The van der Waals surface area contributed by atoms with Crippen molar-refractivity contribution in [2.45, 2.75) is 51.9 Å². The summed E-state index contributed by atoms with van der Waals surface area (Å²) in [6.07, 6.45) is 1.60. The van der Waals surface area contributed by atoms with Gasteiger partial charge in [-0.25, -0.2) is 4.90 Å². The van der Waals surface area contributed by atoms with Crippen molar-refractivity contribution < 1.29 is 28.1 Å². The van der Waals surface area contributed by atoms with Crippen molar-refractivity contribution in [2.75, 3.05) is 18.3 Å². The number of anilines is 1. The fourth-order valence-electron chi connectivity index (χ4n) is 5.93. The Balaban J connectivity index is 0.000000283. The highest BCUT2D eigenvalue weighted by molar-refractivity contribution is 7.84. The molecule has 0 spiro atoms. The van der Waals surface area contributed by atoms with Gasteiger partial charge in [-0.05, 0) is 97.3 Å². The van der Waals surface area contributed by atoms with Crippen molar-refractivity contribution in [1.29, 1.82) is 0 Å². The van der Waals surface area contributed by atoms with E-state index in [2.05, 4.69) is 26.0 Å². The van der Waals surface area contributed by atoms with E-state index >= 15 is 0 Å². The van der Waals surface area contributed by atoms with Crippen molar-refractivity contribution in [3.05, 3.63) is 148 Å². The Labute approximate surface area is 302 Å². The Morgan fingerprint density at radius 3 is 1.84 bits per heavy atom. The van der Waals surface area contributed by atoms with E-state index < -0.39 is 10.8 Å². The molecule has 7 nitrogen and oxygen atoms in total. The van der Waals surface area contributed by atoms with Gasteiger partial charge in [0.2, 0.25) is 0 Å². The van der Waals surface area contributed by atoms with E-state index in [1.807, 2.05) is 94.4 Å². The number of carbonyl (C=O) groups is 3. The number of benzene rings is 5. The molecule has 5 aromatic rings. The minimum absolute atomic E-state index is 0.0592. The molecule has 0 N–H and O–H groups in total. The van der Waals surface area contributed by atoms with Gasteiger partial charge in [0, 0.05) is 28.0 Å². The molecule has 0 fully saturated rings. The molecule has 8 heteroatoms. The van der Waals surface area contributed by atoms with E-state index in [4.69, 9.17) is 9.47 Å². The number of rotatable bonds is 9. The first-order valence-electron chi connectivity index (χ1n) is 16.7. The third kappa shape index (κ3) is 8.02. The summed E-state index contributed by atoms with van der Waals surface area (Å²) in [4.78, 5) is 39.8. The van der Waals surface area contributed by atoms with E-state index in [0.717, 1.165) is 22.4 Å². The number of imide groups is 1. The van der Waals surface area contributed by atoms with Gasteiger partial charge in [0.1, 0.15) is 17.2 Å². The summed E-state index contributed by atoms with van der Waals surface area (Å²) >= 11 is 0. The molecule has 0 aromatic heterocycles. The van der Waals surface area contributed by atoms with Crippen LogP contribution in [-0.2, 0) is 16.2 Å². The summed E-state index contributed by atoms with van der Waals surface area (Å²) in [6.45, 7) is 11.9. The van der Waals surface area contributed by atoms with E-state index in [0.29, 0.717) is 38.8 Å². The number of hydrogen-bond acceptors (Lipinski definition) is 6. The predicted molar refractivity (Wildman–Crippen MR) is 203 cm³/mol. The van der Waals surface area contributed by atoms with Gasteiger partial charge in [0.25, 0.3) is 11.8 Å². The number of ether oxygens (including phenoxy) is 2. The van der Waals surface area contributed by atoms with Gasteiger partial charge in [0.15, 0.2) is 5.78 Å². The van der Waals surface area contributed by atoms with Gasteiger partial charge in [-0.15, -0.1) is 0 Å². The molecule has 2 amide bonds. The van der Waals surface area contributed by atoms with Gasteiger partial charge in [-0.3, -0.25) is 18.6 Å². The average Bonchev–Trinajstić information content (AvgIpc) is 3.36. The summed E-state index contributed by atoms with van der Waals surface area (Å²) in [5.41, 5.74) is 6.01. The number of fused-ring (bicyclic) bond motifs is 1. The van der Waals surface area contributed by atoms with Crippen LogP contribution in [0.1, 0.15) is 81.0 Å². The van der Waals surface area contributed by atoms with Gasteiger partial charge in [0.05, 0.1) is 34.7 Å². The monoisotopic (exact) mass is 701 g/mol. The van der Waals surface area contributed by atoms with Crippen LogP contribution in [0.25, 0.3) is 0 Å². The molecular formula is C43H43NO6S. The van der Waals surface area contributed by atoms with Crippen molar-refractivity contribution in [1.82, 2.24) is 0 Å². The molecule has 0 radical (unpaired) electrons. The number of ketones is 1. The van der Waals surface area contributed by atoms with Crippen LogP contribution in [0.3, 0.4) is 0 Å². The van der Waals surface area contributed by atoms with E-state index in [1.54, 1.807) is 43.7 Å². The van der Waals surface area contributed by atoms with Crippen molar-refractivity contribution in [3.8, 4) is 17.2 Å². The van der Waals surface area contributed by atoms with E-state index in [9.17, 15) is 18.6 Å². The summed E-state index contributed by atoms with van der Waals surface area (Å²) in [6, 6.07) is 33.9. The minimum atomic E-state index is -1.11. The van der Waals surface area contributed by atoms with Crippen molar-refractivity contribution in [2.24, 2.45) is 5.92 Å². The Bertz CT molecular complexity index is 2120. The lowest BCUT2D eigenvalue weighted by molar-refractivity contribution is 0.0919. The molecule has 1 aliphatic heterocycles. The Hall–Kier alpha value is -5.34. The summed E-state index contributed by atoms with van der Waals surface area (Å²) in [5.74, 6) is 1.31. The quantitative estimate of drug-likeness (QED) is 0.112. The zero-order chi connectivity index (χ0) is 37.0. The van der Waals surface area contributed by atoms with Crippen LogP contribution in [0.15, 0.2) is 114 Å². The van der Waals surface area contributed by atoms with E-state index in [-0.39, 0.29) is 28.9 Å². The standard InChI is InChI=1S/C31H27NO4.C12H16O2S/c1-20-6-5-7-23(18-20)32-29(33)27-17-16-26(19-28(27)30(32)34)36-25-14-10-22(11-15-25)31(2,3)21-8-12-24(35-4)13-9-21;1-8(2)12(13)10-7-9(3)5-6-11(10)15(4)14/h5-19H,1-4H3;5-8H,1-4H3. The van der Waals surface area contributed by atoms with Crippen molar-refractivity contribution in [3.63, 3.8) is 0 Å². The summed E-state index contributed by atoms with van der Waals surface area (Å²) in [7, 11) is 0.554. The lowest BCUT2D eigenvalue weighted by atomic mass is 9.78. The summed E-state index contributed by atoms with van der Waals surface area (Å²) in [5, 5.41) is 0. The van der Waals surface area contributed by atoms with Crippen LogP contribution in [0, 0.1) is 19.8 Å². The van der Waals surface area contributed by atoms with Crippen molar-refractivity contribution >= 4 is 34.1 Å². The summed E-state index contributed by atoms with van der Waals surface area (Å²) < 4.78 is 22.8. The van der Waals surface area contributed by atoms with Crippen LogP contribution >= 0.6 is 0 Å². The fourth-order valence-corrected chi connectivity index (χ4v) is 6.66. The number of aryl methyl sites for hydroxylation is 2. The zero-order valence-corrected chi connectivity index (χ0v) is 31.1. The molecule has 262 valence electrons. The molecule has 1 aliphatic rings. The smallest absolute Gasteiger partial charge is 0.266 e. The SMILES string of the molecule is COc1ccc(C(C)(C)c2ccc(Oc3ccc4c(c3)C(=O)N(c3cccc(C)c3)C4=O)cc2)cc1.Cc1ccc(S(C)=O)c(C(=O)C(C)C)c1. The fraction of sp³-hybridized carbons (Fsp3) is 0.233. The predicted octanol–water partition coefficient (Wildman–Crippen LogP) is 9.49. The number of hydrogen-bond donors (Lipinski definition) is 0. The van der Waals surface area contributed by atoms with Crippen LogP contribution in [0.5, 0.6) is 17.2 Å². The Morgan fingerprint density at radius 2 is 1.27 bits per heavy atom. The largest absolute Gasteiger partial charge is 0.497 e. The van der Waals surface area contributed by atoms with Crippen LogP contribution in [0.2, 0.25) is 0 Å². The highest BCUT2D eigenvalue weighted by Gasteiger charge is 2.37. The molecule has 1 atom stereocenters. The number of Topliss-reactive ketones (excluding diaryl/α,β-unsaturated/α-hetero) is 1. The second kappa shape index (κ2) is 15.3. The number of nitrogens with zero attached hydrogens (tertiary/aromatic N) is 1. The first kappa shape index (κ1) is 36.9. The number of methoxy groups -OCH3 is 1. The molecule has 0 aliphatic carbocycles. The first-order valence-corrected chi connectivity index (χ1v) is 18.3. The molecule has 1 unspecified atom stereocenters. The number of carbonyl (C=O) groups excluding carboxylic acids is 3. The second-order valence-electron chi connectivity index (χ2n) is 13.4. The lowest BCUT2D eigenvalue weighted by Gasteiger charge is -2.26. The lowest BCUT2D eigenvalue weighted by Crippen LogP contribution is -2.29. The molecule has 5 aromatic carbocycles. The Kier molecular flexibility index (Phi) is 11.1. The minimum Gasteiger partial charge on any atom is -0.497 e. The molecule has 0 saturated heterocycles. The zero-order valence-electron chi connectivity index (χ0n) is 30.3. The highest BCUT2D eigenvalue weighted by atomic mass is 32.2. The molecule has 6 rings (SSSR count). The molecule has 0 bridgehead atoms. The third-order valence-electron chi connectivity index (χ3n) is 8.98. The Morgan fingerprint density at radius 1 is 0.706 bits per heavy atom. The molecule has 1 heterocycles. The normalized spacial score (nSPS) is 13.0. The van der Waals surface area contributed by atoms with Gasteiger partial charge >= 0.3 is 0 Å². The van der Waals surface area contributed by atoms with E-state index in [1.165, 1.54) is 10.5 Å². The average molecular weight is 702 g/mol. The van der Waals surface area contributed by atoms with Gasteiger partial charge in [-0.1, -0.05) is 75.7 Å². The topological polar surface area (TPSA) is 90.0 Å². The third-order valence-corrected chi connectivity index (χ3v) is 9.95. The maximum absolute atomic E-state index is 13.1. The first-order chi connectivity index (χ1) is 24.2. The molecule has 51 heavy (non-hydrogen) atoms. The molecular weight excluding hydrogens is 659 g/mol. The van der Waals surface area contributed by atoms with Crippen LogP contribution < -0.4 is 14.4 Å². The second-order valence-corrected chi connectivity index (χ2v) is 14.8. The van der Waals surface area contributed by atoms with Gasteiger partial charge < -0.3 is 9.47 Å². The van der Waals surface area contributed by atoms with Gasteiger partial charge in [-0.2, -0.15) is 0 Å². The maximum atomic E-state index is 13.1. The number of amides is 2. The van der Waals surface area contributed by atoms with Crippen LogP contribution in [0.4, 0.5) is 5.69 Å².